The molecule has 7 heteroatoms. The van der Waals surface area contributed by atoms with Crippen LogP contribution < -0.4 is 10.6 Å². The molecule has 0 radical (unpaired) electrons. The van der Waals surface area contributed by atoms with E-state index in [1.165, 1.54) is 12.1 Å². The minimum atomic E-state index is -0.773. The molecule has 0 spiro atoms. The third-order valence-corrected chi connectivity index (χ3v) is 6.82. The minimum absolute atomic E-state index is 0.0466. The van der Waals surface area contributed by atoms with Crippen molar-refractivity contribution in [2.24, 2.45) is 0 Å². The highest BCUT2D eigenvalue weighted by Gasteiger charge is 2.33. The van der Waals surface area contributed by atoms with E-state index in [1.54, 1.807) is 6.07 Å². The number of halogens is 2. The molecule has 4 aromatic rings. The molecular formula is C29H25BrFN3O2. The molecule has 0 saturated heterocycles. The summed E-state index contributed by atoms with van der Waals surface area (Å²) in [6.45, 7) is 1.21. The van der Waals surface area contributed by atoms with Crippen LogP contribution in [-0.2, 0) is 19.5 Å². The summed E-state index contributed by atoms with van der Waals surface area (Å²) >= 11 is 3.38. The number of aliphatic hydroxyl groups excluding tert-OH is 1. The number of nitrogens with zero attached hydrogens (tertiary/aromatic N) is 1. The third kappa shape index (κ3) is 5.38. The number of nitrogens with one attached hydrogen (secondary N) is 2. The molecule has 1 aromatic heterocycles. The summed E-state index contributed by atoms with van der Waals surface area (Å²) in [6.07, 6.45) is -0.338. The lowest BCUT2D eigenvalue weighted by molar-refractivity contribution is 0.0854. The van der Waals surface area contributed by atoms with Gasteiger partial charge in [0.1, 0.15) is 10.4 Å². The second-order valence-corrected chi connectivity index (χ2v) is 9.68. The van der Waals surface area contributed by atoms with Crippen molar-refractivity contribution in [1.29, 1.82) is 0 Å². The van der Waals surface area contributed by atoms with Gasteiger partial charge < -0.3 is 15.7 Å². The van der Waals surface area contributed by atoms with Crippen molar-refractivity contribution in [3.8, 4) is 11.1 Å². The van der Waals surface area contributed by atoms with Gasteiger partial charge in [0.2, 0.25) is 0 Å². The van der Waals surface area contributed by atoms with Gasteiger partial charge in [-0.15, -0.1) is 0 Å². The number of carbonyl (C=O) groups excluding carboxylic acids is 1. The molecule has 5 nitrogen and oxygen atoms in total. The van der Waals surface area contributed by atoms with Crippen LogP contribution in [0.2, 0.25) is 0 Å². The molecule has 0 aliphatic heterocycles. The summed E-state index contributed by atoms with van der Waals surface area (Å²) in [6, 6.07) is 25.2. The van der Waals surface area contributed by atoms with Crippen LogP contribution in [0.15, 0.2) is 89.5 Å². The van der Waals surface area contributed by atoms with Crippen LogP contribution in [0, 0.1) is 5.82 Å². The van der Waals surface area contributed by atoms with Gasteiger partial charge in [-0.2, -0.15) is 0 Å². The van der Waals surface area contributed by atoms with Crippen molar-refractivity contribution in [2.45, 2.75) is 31.7 Å². The van der Waals surface area contributed by atoms with Gasteiger partial charge in [0.05, 0.1) is 23.4 Å². The average molecular weight is 546 g/mol. The molecule has 36 heavy (non-hydrogen) atoms. The van der Waals surface area contributed by atoms with Crippen molar-refractivity contribution < 1.29 is 14.3 Å². The quantitative estimate of drug-likeness (QED) is 0.274. The van der Waals surface area contributed by atoms with Crippen LogP contribution in [0.25, 0.3) is 11.1 Å². The first kappa shape index (κ1) is 24.3. The molecule has 0 saturated carbocycles. The maximum Gasteiger partial charge on any atom is 0.254 e. The molecule has 1 aliphatic rings. The smallest absolute Gasteiger partial charge is 0.254 e. The molecular weight excluding hydrogens is 521 g/mol. The number of amides is 1. The zero-order valence-electron chi connectivity index (χ0n) is 19.4. The van der Waals surface area contributed by atoms with Crippen LogP contribution in [0.3, 0.4) is 0 Å². The van der Waals surface area contributed by atoms with Gasteiger partial charge in [0.25, 0.3) is 5.91 Å². The number of rotatable bonds is 7. The predicted octanol–water partition coefficient (Wildman–Crippen LogP) is 5.33. The molecule has 1 amide bonds. The summed E-state index contributed by atoms with van der Waals surface area (Å²) in [4.78, 5) is 17.4. The van der Waals surface area contributed by atoms with Crippen LogP contribution in [-0.4, -0.2) is 22.1 Å². The van der Waals surface area contributed by atoms with E-state index in [-0.39, 0.29) is 5.56 Å². The van der Waals surface area contributed by atoms with Gasteiger partial charge in [-0.1, -0.05) is 60.7 Å². The lowest BCUT2D eigenvalue weighted by atomic mass is 10.0. The lowest BCUT2D eigenvalue weighted by Gasteiger charge is -2.19. The fourth-order valence-electron chi connectivity index (χ4n) is 4.57. The molecule has 1 aliphatic carbocycles. The van der Waals surface area contributed by atoms with Gasteiger partial charge in [-0.25, -0.2) is 9.37 Å². The van der Waals surface area contributed by atoms with E-state index in [1.807, 2.05) is 66.7 Å². The Morgan fingerprint density at radius 3 is 2.58 bits per heavy atom. The van der Waals surface area contributed by atoms with Crippen LogP contribution in [0.5, 0.6) is 0 Å². The molecule has 1 heterocycles. The van der Waals surface area contributed by atoms with Crippen molar-refractivity contribution in [3.63, 3.8) is 0 Å². The number of fused-ring (bicyclic) bond motifs is 1. The standard InChI is InChI=1S/C29H25BrFN3O2/c30-27-8-4-7-22(33-27)17-32-16-18-9-10-21-15-26(35)28(24(21)13-18)34-29(36)23-12-11-20(14-25(23)31)19-5-2-1-3-6-19/h1-14,26,28,32,35H,15-17H2,(H,34,36)/t26-,28-/m1/s1. The second-order valence-electron chi connectivity index (χ2n) is 8.87. The Bertz CT molecular complexity index is 1400. The molecule has 3 aromatic carbocycles. The van der Waals surface area contributed by atoms with E-state index in [0.717, 1.165) is 32.6 Å². The lowest BCUT2D eigenvalue weighted by Crippen LogP contribution is -2.34. The monoisotopic (exact) mass is 545 g/mol. The number of pyridine rings is 1. The summed E-state index contributed by atoms with van der Waals surface area (Å²) < 4.78 is 15.7. The molecule has 0 unspecified atom stereocenters. The van der Waals surface area contributed by atoms with Gasteiger partial charge in [0.15, 0.2) is 0 Å². The minimum Gasteiger partial charge on any atom is -0.390 e. The third-order valence-electron chi connectivity index (χ3n) is 6.37. The van der Waals surface area contributed by atoms with E-state index >= 15 is 0 Å². The summed E-state index contributed by atoms with van der Waals surface area (Å²) in [5, 5.41) is 16.9. The number of benzene rings is 3. The highest BCUT2D eigenvalue weighted by Crippen LogP contribution is 2.33. The Morgan fingerprint density at radius 1 is 0.972 bits per heavy atom. The molecule has 0 bridgehead atoms. The maximum atomic E-state index is 14.9. The predicted molar refractivity (Wildman–Crippen MR) is 141 cm³/mol. The van der Waals surface area contributed by atoms with E-state index in [2.05, 4.69) is 31.5 Å². The second kappa shape index (κ2) is 10.7. The highest BCUT2D eigenvalue weighted by molar-refractivity contribution is 9.10. The van der Waals surface area contributed by atoms with E-state index in [0.29, 0.717) is 25.1 Å². The Kier molecular flexibility index (Phi) is 7.23. The topological polar surface area (TPSA) is 74.2 Å². The summed E-state index contributed by atoms with van der Waals surface area (Å²) in [5.41, 5.74) is 5.31. The first-order valence-electron chi connectivity index (χ1n) is 11.8. The van der Waals surface area contributed by atoms with Gasteiger partial charge in [-0.3, -0.25) is 4.79 Å². The number of aliphatic hydroxyl groups is 1. The Morgan fingerprint density at radius 2 is 1.81 bits per heavy atom. The number of hydrogen-bond donors (Lipinski definition) is 3. The summed E-state index contributed by atoms with van der Waals surface area (Å²) in [7, 11) is 0. The van der Waals surface area contributed by atoms with Gasteiger partial charge in [-0.05, 0) is 68.0 Å². The van der Waals surface area contributed by atoms with Crippen molar-refractivity contribution in [3.05, 3.63) is 123 Å². The molecule has 2 atom stereocenters. The van der Waals surface area contributed by atoms with Crippen LogP contribution in [0.1, 0.15) is 38.8 Å². The molecule has 5 rings (SSSR count). The van der Waals surface area contributed by atoms with Crippen LogP contribution in [0.4, 0.5) is 4.39 Å². The van der Waals surface area contributed by atoms with Gasteiger partial charge >= 0.3 is 0 Å². The fraction of sp³-hybridized carbons (Fsp3) is 0.172. The highest BCUT2D eigenvalue weighted by atomic mass is 79.9. The zero-order valence-corrected chi connectivity index (χ0v) is 21.0. The first-order chi connectivity index (χ1) is 17.5. The van der Waals surface area contributed by atoms with Crippen molar-refractivity contribution >= 4 is 21.8 Å². The zero-order chi connectivity index (χ0) is 25.1. The fourth-order valence-corrected chi connectivity index (χ4v) is 4.95. The van der Waals surface area contributed by atoms with Gasteiger partial charge in [0, 0.05) is 19.5 Å². The van der Waals surface area contributed by atoms with Crippen molar-refractivity contribution in [2.75, 3.05) is 0 Å². The molecule has 182 valence electrons. The molecule has 3 N–H and O–H groups in total. The van der Waals surface area contributed by atoms with Crippen molar-refractivity contribution in [1.82, 2.24) is 15.6 Å². The van der Waals surface area contributed by atoms with E-state index < -0.39 is 23.9 Å². The Balaban J connectivity index is 1.28. The van der Waals surface area contributed by atoms with E-state index in [4.69, 9.17) is 0 Å². The number of aromatic nitrogens is 1. The van der Waals surface area contributed by atoms with E-state index in [9.17, 15) is 14.3 Å². The summed E-state index contributed by atoms with van der Waals surface area (Å²) in [5.74, 6) is -1.14. The number of carbonyl (C=O) groups is 1. The Hall–Kier alpha value is -3.39. The first-order valence-corrected chi connectivity index (χ1v) is 12.5. The number of hydrogen-bond acceptors (Lipinski definition) is 4. The SMILES string of the molecule is O=C(N[C@@H]1c2cc(CNCc3cccc(Br)n3)ccc2C[C@H]1O)c1ccc(-c2ccccc2)cc1F. The largest absolute Gasteiger partial charge is 0.390 e. The Labute approximate surface area is 217 Å². The molecule has 0 fully saturated rings. The average Bonchev–Trinajstić information content (AvgIpc) is 3.18. The normalized spacial score (nSPS) is 16.5. The van der Waals surface area contributed by atoms with Crippen LogP contribution >= 0.6 is 15.9 Å². The maximum absolute atomic E-state index is 14.9.